The number of hydrogen-bond acceptors (Lipinski definition) is 4. The van der Waals surface area contributed by atoms with Crippen molar-refractivity contribution in [3.8, 4) is 0 Å². The van der Waals surface area contributed by atoms with Crippen LogP contribution in [0.15, 0.2) is 88.6 Å². The van der Waals surface area contributed by atoms with Gasteiger partial charge in [0.2, 0.25) is 5.91 Å². The highest BCUT2D eigenvalue weighted by molar-refractivity contribution is 8.00. The maximum Gasteiger partial charge on any atom is 0.257 e. The van der Waals surface area contributed by atoms with Gasteiger partial charge in [-0.05, 0) is 23.8 Å². The van der Waals surface area contributed by atoms with Crippen molar-refractivity contribution in [1.29, 1.82) is 0 Å². The Bertz CT molecular complexity index is 937. The molecule has 2 heterocycles. The van der Waals surface area contributed by atoms with Crippen LogP contribution >= 0.6 is 11.8 Å². The van der Waals surface area contributed by atoms with E-state index in [9.17, 15) is 9.59 Å². The van der Waals surface area contributed by atoms with Crippen molar-refractivity contribution in [3.05, 3.63) is 90.4 Å². The molecule has 0 bridgehead atoms. The first kappa shape index (κ1) is 19.3. The number of thioether (sulfide) groups is 1. The second kappa shape index (κ2) is 9.01. The summed E-state index contributed by atoms with van der Waals surface area (Å²) < 4.78 is 5.01. The average molecular weight is 407 g/mol. The molecule has 1 atom stereocenters. The van der Waals surface area contributed by atoms with Gasteiger partial charge in [-0.2, -0.15) is 0 Å². The number of rotatable bonds is 5. The van der Waals surface area contributed by atoms with E-state index < -0.39 is 0 Å². The van der Waals surface area contributed by atoms with E-state index in [0.29, 0.717) is 31.7 Å². The zero-order chi connectivity index (χ0) is 20.1. The van der Waals surface area contributed by atoms with Gasteiger partial charge in [-0.3, -0.25) is 9.59 Å². The zero-order valence-electron chi connectivity index (χ0n) is 15.9. The fourth-order valence-corrected chi connectivity index (χ4v) is 4.52. The highest BCUT2D eigenvalue weighted by Crippen LogP contribution is 2.36. The fraction of sp³-hybridized carbons (Fsp3) is 0.217. The predicted octanol–water partition coefficient (Wildman–Crippen LogP) is 4.10. The molecule has 0 aliphatic carbocycles. The Morgan fingerprint density at radius 2 is 1.45 bits per heavy atom. The van der Waals surface area contributed by atoms with E-state index in [1.807, 2.05) is 65.6 Å². The lowest BCUT2D eigenvalue weighted by Gasteiger charge is -2.36. The molecule has 148 valence electrons. The third kappa shape index (κ3) is 4.54. The molecule has 0 radical (unpaired) electrons. The predicted molar refractivity (Wildman–Crippen MR) is 113 cm³/mol. The van der Waals surface area contributed by atoms with E-state index in [4.69, 9.17) is 4.42 Å². The van der Waals surface area contributed by atoms with Crippen molar-refractivity contribution in [3.63, 3.8) is 0 Å². The van der Waals surface area contributed by atoms with Crippen molar-refractivity contribution in [2.45, 2.75) is 10.1 Å². The molecule has 0 saturated carbocycles. The minimum Gasteiger partial charge on any atom is -0.472 e. The van der Waals surface area contributed by atoms with Crippen LogP contribution in [-0.2, 0) is 4.79 Å². The number of benzene rings is 2. The molecule has 29 heavy (non-hydrogen) atoms. The molecule has 1 aliphatic rings. The third-order valence-corrected chi connectivity index (χ3v) is 6.22. The van der Waals surface area contributed by atoms with Gasteiger partial charge in [-0.15, -0.1) is 11.8 Å². The van der Waals surface area contributed by atoms with Gasteiger partial charge in [0.1, 0.15) is 11.5 Å². The van der Waals surface area contributed by atoms with Crippen LogP contribution < -0.4 is 0 Å². The van der Waals surface area contributed by atoms with Crippen molar-refractivity contribution in [2.24, 2.45) is 0 Å². The standard InChI is InChI=1S/C23H22N2O3S/c26-22(19-11-16-28-17-19)24-12-14-25(15-13-24)23(27)21(18-7-3-1-4-8-18)29-20-9-5-2-6-10-20/h1-11,16-17,21H,12-15H2. The number of hydrogen-bond donors (Lipinski definition) is 0. The van der Waals surface area contributed by atoms with Crippen LogP contribution in [0.4, 0.5) is 0 Å². The molecule has 1 unspecified atom stereocenters. The molecule has 1 aromatic heterocycles. The molecular formula is C23H22N2O3S. The van der Waals surface area contributed by atoms with Crippen LogP contribution in [0.25, 0.3) is 0 Å². The Kier molecular flexibility index (Phi) is 6.00. The summed E-state index contributed by atoms with van der Waals surface area (Å²) in [5, 5.41) is -0.310. The molecule has 1 fully saturated rings. The van der Waals surface area contributed by atoms with Crippen molar-refractivity contribution < 1.29 is 14.0 Å². The van der Waals surface area contributed by atoms with E-state index >= 15 is 0 Å². The maximum atomic E-state index is 13.4. The van der Waals surface area contributed by atoms with Crippen molar-refractivity contribution in [1.82, 2.24) is 9.80 Å². The van der Waals surface area contributed by atoms with E-state index in [-0.39, 0.29) is 17.1 Å². The zero-order valence-corrected chi connectivity index (χ0v) is 16.8. The summed E-state index contributed by atoms with van der Waals surface area (Å²) >= 11 is 1.56. The average Bonchev–Trinajstić information content (AvgIpc) is 3.33. The topological polar surface area (TPSA) is 53.8 Å². The molecule has 0 spiro atoms. The van der Waals surface area contributed by atoms with Crippen LogP contribution in [-0.4, -0.2) is 47.8 Å². The Labute approximate surface area is 174 Å². The lowest BCUT2D eigenvalue weighted by atomic mass is 10.1. The Balaban J connectivity index is 1.46. The van der Waals surface area contributed by atoms with Crippen LogP contribution in [0.1, 0.15) is 21.2 Å². The van der Waals surface area contributed by atoms with Crippen molar-refractivity contribution in [2.75, 3.05) is 26.2 Å². The number of furan rings is 1. The summed E-state index contributed by atoms with van der Waals surface area (Å²) in [6.07, 6.45) is 2.96. The first-order chi connectivity index (χ1) is 14.2. The quantitative estimate of drug-likeness (QED) is 0.599. The second-order valence-corrected chi connectivity index (χ2v) is 8.03. The molecule has 2 aromatic carbocycles. The van der Waals surface area contributed by atoms with Gasteiger partial charge < -0.3 is 14.2 Å². The number of carbonyl (C=O) groups is 2. The van der Waals surface area contributed by atoms with Gasteiger partial charge in [-0.1, -0.05) is 48.5 Å². The number of amides is 2. The summed E-state index contributed by atoms with van der Waals surface area (Å²) in [5.74, 6) is 0.0320. The van der Waals surface area contributed by atoms with Crippen LogP contribution in [0.2, 0.25) is 0 Å². The first-order valence-corrected chi connectivity index (χ1v) is 10.5. The highest BCUT2D eigenvalue weighted by Gasteiger charge is 2.31. The second-order valence-electron chi connectivity index (χ2n) is 6.85. The molecule has 2 amide bonds. The fourth-order valence-electron chi connectivity index (χ4n) is 3.39. The van der Waals surface area contributed by atoms with Crippen LogP contribution in [0.5, 0.6) is 0 Å². The molecule has 5 nitrogen and oxygen atoms in total. The molecule has 6 heteroatoms. The number of nitrogens with zero attached hydrogens (tertiary/aromatic N) is 2. The van der Waals surface area contributed by atoms with E-state index in [1.54, 1.807) is 22.7 Å². The highest BCUT2D eigenvalue weighted by atomic mass is 32.2. The van der Waals surface area contributed by atoms with Gasteiger partial charge in [0.25, 0.3) is 5.91 Å². The monoisotopic (exact) mass is 406 g/mol. The molecular weight excluding hydrogens is 384 g/mol. The third-order valence-electron chi connectivity index (χ3n) is 4.97. The molecule has 1 saturated heterocycles. The van der Waals surface area contributed by atoms with Crippen LogP contribution in [0, 0.1) is 0 Å². The minimum atomic E-state index is -0.310. The first-order valence-electron chi connectivity index (χ1n) is 9.59. The maximum absolute atomic E-state index is 13.4. The number of carbonyl (C=O) groups excluding carboxylic acids is 2. The smallest absolute Gasteiger partial charge is 0.257 e. The lowest BCUT2D eigenvalue weighted by molar-refractivity contribution is -0.132. The molecule has 1 aliphatic heterocycles. The summed E-state index contributed by atoms with van der Waals surface area (Å²) in [6, 6.07) is 21.5. The van der Waals surface area contributed by atoms with Gasteiger partial charge in [0.05, 0.1) is 11.8 Å². The summed E-state index contributed by atoms with van der Waals surface area (Å²) in [6.45, 7) is 2.10. The normalized spacial score (nSPS) is 15.2. The largest absolute Gasteiger partial charge is 0.472 e. The molecule has 0 N–H and O–H groups in total. The minimum absolute atomic E-state index is 0.0517. The SMILES string of the molecule is O=C(c1ccoc1)N1CCN(C(=O)C(Sc2ccccc2)c2ccccc2)CC1. The lowest BCUT2D eigenvalue weighted by Crippen LogP contribution is -2.51. The Hall–Kier alpha value is -2.99. The Morgan fingerprint density at radius 3 is 2.07 bits per heavy atom. The molecule has 4 rings (SSSR count). The number of piperazine rings is 1. The van der Waals surface area contributed by atoms with Crippen LogP contribution in [0.3, 0.4) is 0 Å². The summed E-state index contributed by atoms with van der Waals surface area (Å²) in [5.41, 5.74) is 1.54. The van der Waals surface area contributed by atoms with E-state index in [1.165, 1.54) is 12.5 Å². The van der Waals surface area contributed by atoms with Gasteiger partial charge >= 0.3 is 0 Å². The Morgan fingerprint density at radius 1 is 0.828 bits per heavy atom. The van der Waals surface area contributed by atoms with E-state index in [2.05, 4.69) is 0 Å². The summed E-state index contributed by atoms with van der Waals surface area (Å²) in [4.78, 5) is 30.6. The van der Waals surface area contributed by atoms with Gasteiger partial charge in [0, 0.05) is 31.1 Å². The van der Waals surface area contributed by atoms with Crippen molar-refractivity contribution >= 4 is 23.6 Å². The summed E-state index contributed by atoms with van der Waals surface area (Å²) in [7, 11) is 0. The molecule has 3 aromatic rings. The van der Waals surface area contributed by atoms with E-state index in [0.717, 1.165) is 10.5 Å². The van der Waals surface area contributed by atoms with Gasteiger partial charge in [-0.25, -0.2) is 0 Å². The van der Waals surface area contributed by atoms with Gasteiger partial charge in [0.15, 0.2) is 0 Å².